The van der Waals surface area contributed by atoms with E-state index in [2.05, 4.69) is 15.2 Å². The van der Waals surface area contributed by atoms with Crippen molar-refractivity contribution in [3.63, 3.8) is 0 Å². The lowest BCUT2D eigenvalue weighted by Gasteiger charge is -2.47. The van der Waals surface area contributed by atoms with E-state index in [0.717, 1.165) is 0 Å². The van der Waals surface area contributed by atoms with Gasteiger partial charge in [-0.25, -0.2) is 18.0 Å². The van der Waals surface area contributed by atoms with Crippen LogP contribution in [0.2, 0.25) is 0 Å². The van der Waals surface area contributed by atoms with Crippen LogP contribution in [-0.4, -0.2) is 78.2 Å². The largest absolute Gasteiger partial charge is 0.335 e. The van der Waals surface area contributed by atoms with Crippen molar-refractivity contribution in [3.8, 4) is 5.95 Å². The van der Waals surface area contributed by atoms with E-state index >= 15 is 0 Å². The Balaban J connectivity index is 1.30. The zero-order valence-corrected chi connectivity index (χ0v) is 16.4. The smallest absolute Gasteiger partial charge is 0.276 e. The van der Waals surface area contributed by atoms with Gasteiger partial charge in [0.1, 0.15) is 5.52 Å². The first-order chi connectivity index (χ1) is 14.3. The number of halogens is 2. The quantitative estimate of drug-likeness (QED) is 0.689. The first-order valence-corrected chi connectivity index (χ1v) is 9.86. The molecule has 9 nitrogen and oxygen atoms in total. The van der Waals surface area contributed by atoms with E-state index < -0.39 is 5.92 Å². The number of nitrogens with zero attached hydrogens (tertiary/aromatic N) is 6. The Morgan fingerprint density at radius 1 is 1.27 bits per heavy atom. The molecule has 5 heterocycles. The van der Waals surface area contributed by atoms with Crippen LogP contribution in [0.5, 0.6) is 0 Å². The van der Waals surface area contributed by atoms with Gasteiger partial charge in [0.05, 0.1) is 17.5 Å². The van der Waals surface area contributed by atoms with Crippen molar-refractivity contribution < 1.29 is 13.6 Å². The summed E-state index contributed by atoms with van der Waals surface area (Å²) in [5.41, 5.74) is 1.11. The molecule has 0 aromatic carbocycles. The number of aromatic amines is 1. The van der Waals surface area contributed by atoms with Gasteiger partial charge in [0.25, 0.3) is 17.4 Å². The van der Waals surface area contributed by atoms with Crippen molar-refractivity contribution >= 4 is 11.4 Å². The van der Waals surface area contributed by atoms with Gasteiger partial charge in [-0.3, -0.25) is 19.5 Å². The number of aromatic nitrogens is 5. The maximum atomic E-state index is 13.3. The fraction of sp³-hybridized carbons (Fsp3) is 0.474. The molecule has 11 heteroatoms. The molecule has 1 N–H and O–H groups in total. The van der Waals surface area contributed by atoms with Crippen LogP contribution in [0.1, 0.15) is 28.9 Å². The van der Waals surface area contributed by atoms with Gasteiger partial charge >= 0.3 is 0 Å². The third-order valence-electron chi connectivity index (χ3n) is 6.02. The highest BCUT2D eigenvalue weighted by Gasteiger charge is 2.41. The maximum Gasteiger partial charge on any atom is 0.276 e. The Morgan fingerprint density at radius 3 is 2.73 bits per heavy atom. The zero-order valence-electron chi connectivity index (χ0n) is 16.4. The first kappa shape index (κ1) is 18.9. The summed E-state index contributed by atoms with van der Waals surface area (Å²) in [7, 11) is 0. The molecular formula is C19H21F2N7O2. The standard InChI is InChI=1S/C19H21F2N7O2/c1-12-14(9-22-28(12)18-23-16(29)15-3-2-6-27(15)24-18)17(30)26-10-13(11-26)25-7-4-19(20,21)5-8-25/h2-3,6,9,13H,4-5,7-8,10-11H2,1H3,(H,23,24,29). The van der Waals surface area contributed by atoms with Gasteiger partial charge in [-0.1, -0.05) is 0 Å². The second-order valence-corrected chi connectivity index (χ2v) is 7.93. The van der Waals surface area contributed by atoms with E-state index in [1.54, 1.807) is 30.2 Å². The number of hydrogen-bond acceptors (Lipinski definition) is 5. The Bertz CT molecular complexity index is 1170. The second kappa shape index (κ2) is 6.73. The van der Waals surface area contributed by atoms with Crippen molar-refractivity contribution in [3.05, 3.63) is 46.1 Å². The topological polar surface area (TPSA) is 91.5 Å². The summed E-state index contributed by atoms with van der Waals surface area (Å²) in [6.45, 7) is 3.48. The normalized spacial score (nSPS) is 19.9. The number of hydrogen-bond donors (Lipinski definition) is 1. The highest BCUT2D eigenvalue weighted by Crippen LogP contribution is 2.30. The lowest BCUT2D eigenvalue weighted by Crippen LogP contribution is -2.62. The molecular weight excluding hydrogens is 396 g/mol. The molecule has 158 valence electrons. The predicted octanol–water partition coefficient (Wildman–Crippen LogP) is 1.07. The van der Waals surface area contributed by atoms with Crippen LogP contribution >= 0.6 is 0 Å². The number of rotatable bonds is 3. The fourth-order valence-corrected chi connectivity index (χ4v) is 4.10. The van der Waals surface area contributed by atoms with Gasteiger partial charge in [0.15, 0.2) is 0 Å². The third-order valence-corrected chi connectivity index (χ3v) is 6.02. The van der Waals surface area contributed by atoms with Crippen LogP contribution in [0, 0.1) is 6.92 Å². The lowest BCUT2D eigenvalue weighted by atomic mass is 10.00. The number of likely N-dealkylation sites (tertiary alicyclic amines) is 2. The van der Waals surface area contributed by atoms with E-state index in [4.69, 9.17) is 0 Å². The van der Waals surface area contributed by atoms with E-state index in [-0.39, 0.29) is 36.3 Å². The molecule has 3 aromatic rings. The van der Waals surface area contributed by atoms with Crippen LogP contribution in [0.3, 0.4) is 0 Å². The molecule has 0 radical (unpaired) electrons. The average molecular weight is 417 g/mol. The summed E-state index contributed by atoms with van der Waals surface area (Å²) in [5.74, 6) is -2.52. The number of carbonyl (C=O) groups excluding carboxylic acids is 1. The van der Waals surface area contributed by atoms with Gasteiger partial charge < -0.3 is 4.90 Å². The molecule has 2 saturated heterocycles. The summed E-state index contributed by atoms with van der Waals surface area (Å²) < 4.78 is 29.6. The summed E-state index contributed by atoms with van der Waals surface area (Å²) >= 11 is 0. The minimum atomic E-state index is -2.57. The van der Waals surface area contributed by atoms with E-state index in [0.29, 0.717) is 43.0 Å². The molecule has 0 atom stereocenters. The van der Waals surface area contributed by atoms with Crippen LogP contribution < -0.4 is 5.56 Å². The number of nitrogens with one attached hydrogen (secondary N) is 1. The monoisotopic (exact) mass is 417 g/mol. The molecule has 30 heavy (non-hydrogen) atoms. The van der Waals surface area contributed by atoms with Crippen LogP contribution in [0.4, 0.5) is 8.78 Å². The molecule has 2 fully saturated rings. The maximum absolute atomic E-state index is 13.3. The molecule has 3 aromatic heterocycles. The molecule has 5 rings (SSSR count). The Morgan fingerprint density at radius 2 is 2.00 bits per heavy atom. The summed E-state index contributed by atoms with van der Waals surface area (Å²) in [6.07, 6.45) is 2.88. The number of piperidine rings is 1. The number of carbonyl (C=O) groups is 1. The highest BCUT2D eigenvalue weighted by atomic mass is 19.3. The van der Waals surface area contributed by atoms with Crippen LogP contribution in [-0.2, 0) is 0 Å². The minimum absolute atomic E-state index is 0.120. The van der Waals surface area contributed by atoms with Crippen molar-refractivity contribution in [1.29, 1.82) is 0 Å². The van der Waals surface area contributed by atoms with Crippen LogP contribution in [0.25, 0.3) is 11.5 Å². The average Bonchev–Trinajstić information content (AvgIpc) is 3.28. The third kappa shape index (κ3) is 3.09. The Hall–Kier alpha value is -3.08. The summed E-state index contributed by atoms with van der Waals surface area (Å²) in [5, 5.41) is 8.57. The number of H-pyrrole nitrogens is 1. The van der Waals surface area contributed by atoms with Gasteiger partial charge in [-0.2, -0.15) is 5.10 Å². The highest BCUT2D eigenvalue weighted by molar-refractivity contribution is 5.95. The molecule has 2 aliphatic rings. The zero-order chi connectivity index (χ0) is 21.0. The van der Waals surface area contributed by atoms with E-state index in [1.165, 1.54) is 15.4 Å². The van der Waals surface area contributed by atoms with Crippen molar-refractivity contribution in [1.82, 2.24) is 34.2 Å². The summed E-state index contributed by atoms with van der Waals surface area (Å²) in [6, 6.07) is 3.50. The molecule has 0 saturated carbocycles. The fourth-order valence-electron chi connectivity index (χ4n) is 4.10. The Kier molecular flexibility index (Phi) is 4.24. The van der Waals surface area contributed by atoms with Crippen LogP contribution in [0.15, 0.2) is 29.3 Å². The van der Waals surface area contributed by atoms with Gasteiger partial charge in [0, 0.05) is 51.3 Å². The van der Waals surface area contributed by atoms with Gasteiger partial charge in [0.2, 0.25) is 5.95 Å². The van der Waals surface area contributed by atoms with Gasteiger partial charge in [-0.15, -0.1) is 5.10 Å². The second-order valence-electron chi connectivity index (χ2n) is 7.93. The number of amides is 1. The number of fused-ring (bicyclic) bond motifs is 1. The SMILES string of the molecule is Cc1c(C(=O)N2CC(N3CCC(F)(F)CC3)C2)cnn1-c1nn2cccc2c(=O)[nH]1. The van der Waals surface area contributed by atoms with Crippen molar-refractivity contribution in [2.24, 2.45) is 0 Å². The summed E-state index contributed by atoms with van der Waals surface area (Å²) in [4.78, 5) is 31.5. The molecule has 0 bridgehead atoms. The number of alkyl halides is 2. The first-order valence-electron chi connectivity index (χ1n) is 9.86. The van der Waals surface area contributed by atoms with Gasteiger partial charge in [-0.05, 0) is 19.1 Å². The molecule has 0 spiro atoms. The van der Waals surface area contributed by atoms with Crippen molar-refractivity contribution in [2.75, 3.05) is 26.2 Å². The molecule has 1 amide bonds. The molecule has 0 unspecified atom stereocenters. The predicted molar refractivity (Wildman–Crippen MR) is 103 cm³/mol. The molecule has 2 aliphatic heterocycles. The van der Waals surface area contributed by atoms with Crippen molar-refractivity contribution in [2.45, 2.75) is 31.7 Å². The Labute approximate surface area is 169 Å². The van der Waals surface area contributed by atoms with E-state index in [1.807, 2.05) is 4.90 Å². The minimum Gasteiger partial charge on any atom is -0.335 e. The lowest BCUT2D eigenvalue weighted by molar-refractivity contribution is -0.0763. The molecule has 0 aliphatic carbocycles. The van der Waals surface area contributed by atoms with E-state index in [9.17, 15) is 18.4 Å².